The van der Waals surface area contributed by atoms with Gasteiger partial charge in [0.15, 0.2) is 17.5 Å². The molecule has 0 heterocycles. The highest BCUT2D eigenvalue weighted by atomic mass is 19.2. The number of benzene rings is 1. The molecule has 0 aromatic heterocycles. The van der Waals surface area contributed by atoms with Crippen molar-refractivity contribution in [1.82, 2.24) is 5.32 Å². The first-order valence-corrected chi connectivity index (χ1v) is 7.01. The lowest BCUT2D eigenvalue weighted by atomic mass is 10.0. The minimum atomic E-state index is -1.54. The second-order valence-corrected chi connectivity index (χ2v) is 6.24. The van der Waals surface area contributed by atoms with Crippen molar-refractivity contribution >= 4 is 5.91 Å². The number of carbonyl (C=O) groups is 1. The molecule has 3 saturated carbocycles. The van der Waals surface area contributed by atoms with E-state index >= 15 is 0 Å². The fourth-order valence-electron chi connectivity index (χ4n) is 4.44. The summed E-state index contributed by atoms with van der Waals surface area (Å²) in [4.78, 5) is 12.0. The van der Waals surface area contributed by atoms with Crippen molar-refractivity contribution in [3.05, 3.63) is 35.1 Å². The first kappa shape index (κ1) is 12.2. The van der Waals surface area contributed by atoms with Crippen LogP contribution in [0.4, 0.5) is 13.2 Å². The zero-order valence-electron chi connectivity index (χ0n) is 10.7. The highest BCUT2D eigenvalue weighted by Gasteiger charge is 2.65. The fraction of sp³-hybridized carbons (Fsp3) is 0.533. The second-order valence-electron chi connectivity index (χ2n) is 6.24. The third-order valence-corrected chi connectivity index (χ3v) is 5.28. The molecule has 0 spiro atoms. The maximum atomic E-state index is 13.1. The van der Waals surface area contributed by atoms with Gasteiger partial charge in [-0.05, 0) is 55.1 Å². The summed E-state index contributed by atoms with van der Waals surface area (Å²) >= 11 is 0. The standard InChI is InChI=1S/C15H14F3NO/c16-9-4-8(5-10(17)13(9)18)15(20)19-14-11-6-1-2-7(3-6)12(11)14/h4-7,11-12,14H,1-3H2,(H,19,20). The Morgan fingerprint density at radius 2 is 1.60 bits per heavy atom. The monoisotopic (exact) mass is 281 g/mol. The summed E-state index contributed by atoms with van der Waals surface area (Å²) in [5, 5.41) is 2.85. The van der Waals surface area contributed by atoms with E-state index in [-0.39, 0.29) is 11.6 Å². The molecule has 0 saturated heterocycles. The van der Waals surface area contributed by atoms with Crippen molar-refractivity contribution in [2.24, 2.45) is 23.7 Å². The molecular weight excluding hydrogens is 267 g/mol. The maximum Gasteiger partial charge on any atom is 0.251 e. The first-order chi connectivity index (χ1) is 9.56. The van der Waals surface area contributed by atoms with E-state index < -0.39 is 23.4 Å². The van der Waals surface area contributed by atoms with Crippen LogP contribution in [0.5, 0.6) is 0 Å². The van der Waals surface area contributed by atoms with Gasteiger partial charge in [0.05, 0.1) is 0 Å². The van der Waals surface area contributed by atoms with Crippen LogP contribution in [0.1, 0.15) is 29.6 Å². The van der Waals surface area contributed by atoms with Gasteiger partial charge in [-0.15, -0.1) is 0 Å². The summed E-state index contributed by atoms with van der Waals surface area (Å²) < 4.78 is 39.1. The van der Waals surface area contributed by atoms with Gasteiger partial charge in [0.2, 0.25) is 0 Å². The molecule has 1 N–H and O–H groups in total. The Hall–Kier alpha value is -1.52. The van der Waals surface area contributed by atoms with Gasteiger partial charge < -0.3 is 5.32 Å². The number of halogens is 3. The Balaban J connectivity index is 1.49. The minimum absolute atomic E-state index is 0.143. The van der Waals surface area contributed by atoms with Crippen molar-refractivity contribution < 1.29 is 18.0 Å². The minimum Gasteiger partial charge on any atom is -0.349 e. The average molecular weight is 281 g/mol. The molecule has 2 nitrogen and oxygen atoms in total. The first-order valence-electron chi connectivity index (χ1n) is 7.01. The third kappa shape index (κ3) is 1.61. The largest absolute Gasteiger partial charge is 0.349 e. The molecule has 0 radical (unpaired) electrons. The number of amides is 1. The van der Waals surface area contributed by atoms with Crippen LogP contribution in [0, 0.1) is 41.1 Å². The van der Waals surface area contributed by atoms with Crippen LogP contribution in [0.25, 0.3) is 0 Å². The topological polar surface area (TPSA) is 29.1 Å². The third-order valence-electron chi connectivity index (χ3n) is 5.28. The van der Waals surface area contributed by atoms with E-state index in [0.717, 1.165) is 12.1 Å². The molecule has 4 unspecified atom stereocenters. The second kappa shape index (κ2) is 3.99. The molecule has 2 bridgehead atoms. The van der Waals surface area contributed by atoms with Crippen LogP contribution in [0.2, 0.25) is 0 Å². The lowest BCUT2D eigenvalue weighted by molar-refractivity contribution is 0.0943. The number of hydrogen-bond donors (Lipinski definition) is 1. The van der Waals surface area contributed by atoms with Crippen LogP contribution in [0.3, 0.4) is 0 Å². The smallest absolute Gasteiger partial charge is 0.251 e. The van der Waals surface area contributed by atoms with E-state index in [1.165, 1.54) is 19.3 Å². The molecule has 0 aliphatic heterocycles. The van der Waals surface area contributed by atoms with Gasteiger partial charge in [0.25, 0.3) is 5.91 Å². The van der Waals surface area contributed by atoms with Crippen LogP contribution >= 0.6 is 0 Å². The lowest BCUT2D eigenvalue weighted by Gasteiger charge is -2.11. The van der Waals surface area contributed by atoms with Crippen molar-refractivity contribution in [3.8, 4) is 0 Å². The zero-order valence-corrected chi connectivity index (χ0v) is 10.7. The maximum absolute atomic E-state index is 13.1. The average Bonchev–Trinajstić information content (AvgIpc) is 2.82. The number of rotatable bonds is 2. The van der Waals surface area contributed by atoms with Crippen LogP contribution in [-0.2, 0) is 0 Å². The molecule has 4 rings (SSSR count). The van der Waals surface area contributed by atoms with Crippen molar-refractivity contribution in [2.45, 2.75) is 25.3 Å². The quantitative estimate of drug-likeness (QED) is 0.830. The molecule has 3 fully saturated rings. The molecule has 3 aliphatic rings. The van der Waals surface area contributed by atoms with Crippen LogP contribution < -0.4 is 5.32 Å². The van der Waals surface area contributed by atoms with Gasteiger partial charge in [0, 0.05) is 11.6 Å². The summed E-state index contributed by atoms with van der Waals surface area (Å²) in [7, 11) is 0. The Kier molecular flexibility index (Phi) is 2.44. The molecule has 1 amide bonds. The molecule has 5 heteroatoms. The number of carbonyl (C=O) groups excluding carboxylic acids is 1. The number of hydrogen-bond acceptors (Lipinski definition) is 1. The normalized spacial score (nSPS) is 36.9. The predicted octanol–water partition coefficient (Wildman–Crippen LogP) is 2.88. The predicted molar refractivity (Wildman–Crippen MR) is 65.4 cm³/mol. The van der Waals surface area contributed by atoms with Gasteiger partial charge >= 0.3 is 0 Å². The van der Waals surface area contributed by atoms with Gasteiger partial charge in [0.1, 0.15) is 0 Å². The summed E-state index contributed by atoms with van der Waals surface area (Å²) in [6.07, 6.45) is 3.73. The van der Waals surface area contributed by atoms with Gasteiger partial charge in [-0.2, -0.15) is 0 Å². The molecule has 4 atom stereocenters. The summed E-state index contributed by atoms with van der Waals surface area (Å²) in [5.74, 6) is -2.20. The van der Waals surface area contributed by atoms with E-state index in [1.807, 2.05) is 0 Å². The van der Waals surface area contributed by atoms with Crippen LogP contribution in [0.15, 0.2) is 12.1 Å². The van der Waals surface area contributed by atoms with Crippen LogP contribution in [-0.4, -0.2) is 11.9 Å². The molecule has 1 aromatic carbocycles. The summed E-state index contributed by atoms with van der Waals surface area (Å²) in [5.41, 5.74) is -0.154. The molecule has 1 aromatic rings. The van der Waals surface area contributed by atoms with E-state index in [9.17, 15) is 18.0 Å². The van der Waals surface area contributed by atoms with E-state index in [0.29, 0.717) is 23.7 Å². The molecule has 20 heavy (non-hydrogen) atoms. The van der Waals surface area contributed by atoms with Crippen molar-refractivity contribution in [3.63, 3.8) is 0 Å². The number of nitrogens with one attached hydrogen (secondary N) is 1. The van der Waals surface area contributed by atoms with E-state index in [4.69, 9.17) is 0 Å². The van der Waals surface area contributed by atoms with Crippen molar-refractivity contribution in [1.29, 1.82) is 0 Å². The van der Waals surface area contributed by atoms with Gasteiger partial charge in [-0.25, -0.2) is 13.2 Å². The van der Waals surface area contributed by atoms with Gasteiger partial charge in [-0.1, -0.05) is 0 Å². The lowest BCUT2D eigenvalue weighted by Crippen LogP contribution is -2.30. The highest BCUT2D eigenvalue weighted by molar-refractivity contribution is 5.94. The van der Waals surface area contributed by atoms with Crippen molar-refractivity contribution in [2.75, 3.05) is 0 Å². The molecular formula is C15H14F3NO. The Morgan fingerprint density at radius 3 is 2.15 bits per heavy atom. The van der Waals surface area contributed by atoms with E-state index in [2.05, 4.69) is 5.32 Å². The summed E-state index contributed by atoms with van der Waals surface area (Å²) in [6, 6.07) is 1.64. The highest BCUT2D eigenvalue weighted by Crippen LogP contribution is 2.65. The number of fused-ring (bicyclic) bond motifs is 5. The molecule has 3 aliphatic carbocycles. The van der Waals surface area contributed by atoms with Gasteiger partial charge in [-0.3, -0.25) is 4.79 Å². The fourth-order valence-corrected chi connectivity index (χ4v) is 4.44. The zero-order chi connectivity index (χ0) is 14.0. The Bertz CT molecular complexity index is 564. The SMILES string of the molecule is O=C(NC1C2C3CCC(C3)C12)c1cc(F)c(F)c(F)c1. The summed E-state index contributed by atoms with van der Waals surface area (Å²) in [6.45, 7) is 0. The Labute approximate surface area is 114 Å². The van der Waals surface area contributed by atoms with E-state index in [1.54, 1.807) is 0 Å². The molecule has 106 valence electrons. The Morgan fingerprint density at radius 1 is 1.05 bits per heavy atom.